The molecular formula is C21H30O. The van der Waals surface area contributed by atoms with Crippen LogP contribution in [0.5, 0.6) is 0 Å². The van der Waals surface area contributed by atoms with Crippen LogP contribution >= 0.6 is 0 Å². The molecule has 0 unspecified atom stereocenters. The van der Waals surface area contributed by atoms with E-state index in [1.165, 1.54) is 43.2 Å². The van der Waals surface area contributed by atoms with E-state index in [1.54, 1.807) is 6.08 Å². The Balaban J connectivity index is 1.78. The molecule has 1 fully saturated rings. The van der Waals surface area contributed by atoms with E-state index in [4.69, 9.17) is 4.74 Å². The molecule has 0 radical (unpaired) electrons. The van der Waals surface area contributed by atoms with Crippen molar-refractivity contribution in [3.8, 4) is 0 Å². The monoisotopic (exact) mass is 298 g/mol. The molecule has 0 heterocycles. The van der Waals surface area contributed by atoms with Gasteiger partial charge in [-0.1, -0.05) is 49.4 Å². The Morgan fingerprint density at radius 3 is 2.45 bits per heavy atom. The van der Waals surface area contributed by atoms with Crippen molar-refractivity contribution < 1.29 is 4.74 Å². The van der Waals surface area contributed by atoms with Gasteiger partial charge in [0.2, 0.25) is 0 Å². The summed E-state index contributed by atoms with van der Waals surface area (Å²) in [6, 6.07) is 9.03. The number of hydrogen-bond donors (Lipinski definition) is 0. The smallest absolute Gasteiger partial charge is 0.0721 e. The molecule has 0 N–H and O–H groups in total. The summed E-state index contributed by atoms with van der Waals surface area (Å²) in [5.74, 6) is 1.67. The molecule has 1 nitrogen and oxygen atoms in total. The SMILES string of the molecule is C=CCOCc1ccc(C2CCC(C/C=C/CC)CC2)cc1. The zero-order valence-electron chi connectivity index (χ0n) is 14.0. The molecule has 0 aromatic heterocycles. The van der Waals surface area contributed by atoms with Crippen LogP contribution in [0.3, 0.4) is 0 Å². The first-order chi connectivity index (χ1) is 10.8. The van der Waals surface area contributed by atoms with Crippen molar-refractivity contribution in [2.75, 3.05) is 6.61 Å². The van der Waals surface area contributed by atoms with Crippen LogP contribution in [0.2, 0.25) is 0 Å². The van der Waals surface area contributed by atoms with Gasteiger partial charge in [-0.25, -0.2) is 0 Å². The van der Waals surface area contributed by atoms with Crippen LogP contribution in [0.15, 0.2) is 49.1 Å². The van der Waals surface area contributed by atoms with Crippen LogP contribution in [0.1, 0.15) is 62.5 Å². The maximum atomic E-state index is 5.49. The molecule has 120 valence electrons. The first kappa shape index (κ1) is 17.0. The average Bonchev–Trinajstić information content (AvgIpc) is 2.57. The van der Waals surface area contributed by atoms with E-state index in [1.807, 2.05) is 0 Å². The first-order valence-electron chi connectivity index (χ1n) is 8.76. The standard InChI is InChI=1S/C21H30O/c1-3-5-6-7-18-8-12-20(13-9-18)21-14-10-19(11-15-21)17-22-16-4-2/h4-6,10-11,14-15,18,20H,2-3,7-9,12-13,16-17H2,1H3/b6-5+. The second kappa shape index (κ2) is 9.63. The predicted octanol–water partition coefficient (Wildman–Crippen LogP) is 6.02. The van der Waals surface area contributed by atoms with Gasteiger partial charge in [-0.15, -0.1) is 6.58 Å². The van der Waals surface area contributed by atoms with Crippen LogP contribution in [-0.2, 0) is 11.3 Å². The fourth-order valence-corrected chi connectivity index (χ4v) is 3.33. The lowest BCUT2D eigenvalue weighted by Gasteiger charge is -2.28. The molecular weight excluding hydrogens is 268 g/mol. The maximum Gasteiger partial charge on any atom is 0.0721 e. The average molecular weight is 298 g/mol. The van der Waals surface area contributed by atoms with Crippen LogP contribution < -0.4 is 0 Å². The van der Waals surface area contributed by atoms with Gasteiger partial charge in [0.15, 0.2) is 0 Å². The summed E-state index contributed by atoms with van der Waals surface area (Å²) in [6.07, 6.45) is 14.4. The molecule has 0 amide bonds. The Hall–Kier alpha value is -1.34. The highest BCUT2D eigenvalue weighted by Crippen LogP contribution is 2.37. The number of ether oxygens (including phenoxy) is 1. The number of benzene rings is 1. The highest BCUT2D eigenvalue weighted by atomic mass is 16.5. The molecule has 1 heteroatoms. The van der Waals surface area contributed by atoms with Gasteiger partial charge < -0.3 is 4.74 Å². The Bertz CT molecular complexity index is 449. The molecule has 1 aliphatic carbocycles. The summed E-state index contributed by atoms with van der Waals surface area (Å²) in [7, 11) is 0. The molecule has 22 heavy (non-hydrogen) atoms. The van der Waals surface area contributed by atoms with Crippen LogP contribution in [0, 0.1) is 5.92 Å². The normalized spacial score (nSPS) is 22.0. The summed E-state index contributed by atoms with van der Waals surface area (Å²) < 4.78 is 5.49. The van der Waals surface area contributed by atoms with Crippen molar-refractivity contribution in [1.29, 1.82) is 0 Å². The molecule has 1 aromatic rings. The van der Waals surface area contributed by atoms with Crippen molar-refractivity contribution in [3.63, 3.8) is 0 Å². The molecule has 2 rings (SSSR count). The van der Waals surface area contributed by atoms with E-state index in [-0.39, 0.29) is 0 Å². The summed E-state index contributed by atoms with van der Waals surface area (Å²) in [6.45, 7) is 7.18. The minimum Gasteiger partial charge on any atom is -0.373 e. The van der Waals surface area contributed by atoms with Crippen LogP contribution in [0.25, 0.3) is 0 Å². The molecule has 1 aromatic carbocycles. The lowest BCUT2D eigenvalue weighted by atomic mass is 9.77. The van der Waals surface area contributed by atoms with Crippen molar-refractivity contribution in [2.24, 2.45) is 5.92 Å². The van der Waals surface area contributed by atoms with E-state index in [9.17, 15) is 0 Å². The van der Waals surface area contributed by atoms with Gasteiger partial charge in [0.1, 0.15) is 0 Å². The van der Waals surface area contributed by atoms with Gasteiger partial charge in [0.25, 0.3) is 0 Å². The molecule has 1 aliphatic rings. The third kappa shape index (κ3) is 5.46. The Morgan fingerprint density at radius 2 is 1.82 bits per heavy atom. The Morgan fingerprint density at radius 1 is 1.09 bits per heavy atom. The Kier molecular flexibility index (Phi) is 7.45. The summed E-state index contributed by atoms with van der Waals surface area (Å²) in [5.41, 5.74) is 2.76. The van der Waals surface area contributed by atoms with Crippen LogP contribution in [0.4, 0.5) is 0 Å². The number of hydrogen-bond acceptors (Lipinski definition) is 1. The lowest BCUT2D eigenvalue weighted by Crippen LogP contribution is -2.12. The van der Waals surface area contributed by atoms with Gasteiger partial charge in [-0.05, 0) is 61.5 Å². The second-order valence-electron chi connectivity index (χ2n) is 6.38. The highest BCUT2D eigenvalue weighted by molar-refractivity contribution is 5.25. The quantitative estimate of drug-likeness (QED) is 0.421. The lowest BCUT2D eigenvalue weighted by molar-refractivity contribution is 0.149. The fourth-order valence-electron chi connectivity index (χ4n) is 3.33. The first-order valence-corrected chi connectivity index (χ1v) is 8.76. The third-order valence-corrected chi connectivity index (χ3v) is 4.67. The number of allylic oxidation sites excluding steroid dienone is 2. The molecule has 1 saturated carbocycles. The molecule has 0 bridgehead atoms. The molecule has 0 saturated heterocycles. The third-order valence-electron chi connectivity index (χ3n) is 4.67. The second-order valence-corrected chi connectivity index (χ2v) is 6.38. The van der Waals surface area contributed by atoms with E-state index < -0.39 is 0 Å². The van der Waals surface area contributed by atoms with Gasteiger partial charge in [-0.2, -0.15) is 0 Å². The minimum atomic E-state index is 0.623. The zero-order valence-corrected chi connectivity index (χ0v) is 14.0. The van der Waals surface area contributed by atoms with Gasteiger partial charge in [0.05, 0.1) is 13.2 Å². The zero-order chi connectivity index (χ0) is 15.6. The van der Waals surface area contributed by atoms with E-state index in [2.05, 4.69) is 49.9 Å². The van der Waals surface area contributed by atoms with Crippen molar-refractivity contribution >= 4 is 0 Å². The van der Waals surface area contributed by atoms with Gasteiger partial charge in [0, 0.05) is 0 Å². The van der Waals surface area contributed by atoms with Gasteiger partial charge in [-0.3, -0.25) is 0 Å². The topological polar surface area (TPSA) is 9.23 Å². The summed E-state index contributed by atoms with van der Waals surface area (Å²) in [5, 5.41) is 0. The minimum absolute atomic E-state index is 0.623. The van der Waals surface area contributed by atoms with Crippen molar-refractivity contribution in [3.05, 3.63) is 60.2 Å². The molecule has 0 atom stereocenters. The van der Waals surface area contributed by atoms with Crippen molar-refractivity contribution in [1.82, 2.24) is 0 Å². The summed E-state index contributed by atoms with van der Waals surface area (Å²) in [4.78, 5) is 0. The van der Waals surface area contributed by atoms with Crippen LogP contribution in [-0.4, -0.2) is 6.61 Å². The maximum absolute atomic E-state index is 5.49. The molecule has 0 spiro atoms. The van der Waals surface area contributed by atoms with E-state index in [0.29, 0.717) is 13.2 Å². The van der Waals surface area contributed by atoms with Crippen molar-refractivity contribution in [2.45, 2.75) is 58.0 Å². The van der Waals surface area contributed by atoms with Gasteiger partial charge >= 0.3 is 0 Å². The van der Waals surface area contributed by atoms with E-state index in [0.717, 1.165) is 18.3 Å². The molecule has 0 aliphatic heterocycles. The summed E-state index contributed by atoms with van der Waals surface area (Å²) >= 11 is 0. The largest absolute Gasteiger partial charge is 0.373 e. The highest BCUT2D eigenvalue weighted by Gasteiger charge is 2.21. The van der Waals surface area contributed by atoms with E-state index >= 15 is 0 Å². The number of rotatable bonds is 8. The fraction of sp³-hybridized carbons (Fsp3) is 0.524. The predicted molar refractivity (Wildman–Crippen MR) is 95.0 cm³/mol. The Labute approximate surface area is 136 Å².